The van der Waals surface area contributed by atoms with Crippen LogP contribution in [0.4, 0.5) is 16.2 Å². The Balaban J connectivity index is 1.60. The number of hydrogen-bond acceptors (Lipinski definition) is 3. The van der Waals surface area contributed by atoms with Crippen LogP contribution in [-0.2, 0) is 11.3 Å². The first-order valence-electron chi connectivity index (χ1n) is 6.86. The summed E-state index contributed by atoms with van der Waals surface area (Å²) in [5, 5.41) is 8.36. The molecule has 0 atom stereocenters. The van der Waals surface area contributed by atoms with Gasteiger partial charge in [0.15, 0.2) is 0 Å². The fraction of sp³-hybridized carbons (Fsp3) is 0.125. The molecule has 0 spiro atoms. The maximum absolute atomic E-state index is 11.9. The molecule has 3 rings (SSSR count). The minimum atomic E-state index is -0.279. The lowest BCUT2D eigenvalue weighted by Crippen LogP contribution is -2.28. The minimum absolute atomic E-state index is 0.0248. The number of amides is 3. The largest absolute Gasteiger partial charge is 0.334 e. The third-order valence-electron chi connectivity index (χ3n) is 3.17. The van der Waals surface area contributed by atoms with Crippen molar-refractivity contribution < 1.29 is 9.59 Å². The van der Waals surface area contributed by atoms with E-state index in [1.54, 1.807) is 6.07 Å². The Hall–Kier alpha value is -2.47. The number of nitrogens with one attached hydrogen (secondary N) is 3. The minimum Gasteiger partial charge on any atom is -0.334 e. The molecule has 2 aromatic rings. The van der Waals surface area contributed by atoms with Gasteiger partial charge in [-0.15, -0.1) is 11.8 Å². The molecule has 0 bridgehead atoms. The third-order valence-corrected chi connectivity index (χ3v) is 4.24. The van der Waals surface area contributed by atoms with Gasteiger partial charge in [-0.1, -0.05) is 30.3 Å². The highest BCUT2D eigenvalue weighted by Crippen LogP contribution is 2.33. The Labute approximate surface area is 132 Å². The SMILES string of the molecule is O=C1CSc2ccc(NC(=O)NCc3ccccc3)cc2N1. The van der Waals surface area contributed by atoms with Gasteiger partial charge in [0, 0.05) is 17.1 Å². The number of hydrogen-bond donors (Lipinski definition) is 3. The van der Waals surface area contributed by atoms with Crippen LogP contribution in [0.15, 0.2) is 53.4 Å². The Bertz CT molecular complexity index is 704. The summed E-state index contributed by atoms with van der Waals surface area (Å²) < 4.78 is 0. The fourth-order valence-electron chi connectivity index (χ4n) is 2.11. The first kappa shape index (κ1) is 14.5. The summed E-state index contributed by atoms with van der Waals surface area (Å²) in [6.07, 6.45) is 0. The van der Waals surface area contributed by atoms with E-state index in [9.17, 15) is 9.59 Å². The summed E-state index contributed by atoms with van der Waals surface area (Å²) in [7, 11) is 0. The van der Waals surface area contributed by atoms with Crippen LogP contribution in [0, 0.1) is 0 Å². The van der Waals surface area contributed by atoms with Gasteiger partial charge in [-0.3, -0.25) is 4.79 Å². The van der Waals surface area contributed by atoms with Gasteiger partial charge >= 0.3 is 6.03 Å². The van der Waals surface area contributed by atoms with E-state index in [4.69, 9.17) is 0 Å². The molecule has 22 heavy (non-hydrogen) atoms. The summed E-state index contributed by atoms with van der Waals surface area (Å²) >= 11 is 1.49. The molecule has 0 saturated heterocycles. The van der Waals surface area contributed by atoms with Crippen molar-refractivity contribution >= 4 is 35.1 Å². The molecule has 3 N–H and O–H groups in total. The van der Waals surface area contributed by atoms with Gasteiger partial charge in [-0.2, -0.15) is 0 Å². The Kier molecular flexibility index (Phi) is 4.29. The molecule has 0 aliphatic carbocycles. The number of anilines is 2. The van der Waals surface area contributed by atoms with Crippen molar-refractivity contribution in [1.82, 2.24) is 5.32 Å². The highest BCUT2D eigenvalue weighted by atomic mass is 32.2. The smallest absolute Gasteiger partial charge is 0.319 e. The zero-order chi connectivity index (χ0) is 15.4. The lowest BCUT2D eigenvalue weighted by atomic mass is 10.2. The van der Waals surface area contributed by atoms with Crippen molar-refractivity contribution in [2.75, 3.05) is 16.4 Å². The van der Waals surface area contributed by atoms with E-state index in [1.165, 1.54) is 11.8 Å². The van der Waals surface area contributed by atoms with Crippen molar-refractivity contribution in [1.29, 1.82) is 0 Å². The molecule has 0 saturated carbocycles. The van der Waals surface area contributed by atoms with E-state index in [-0.39, 0.29) is 11.9 Å². The third kappa shape index (κ3) is 3.59. The number of carbonyl (C=O) groups excluding carboxylic acids is 2. The molecule has 112 valence electrons. The maximum atomic E-state index is 11.9. The number of urea groups is 1. The lowest BCUT2D eigenvalue weighted by molar-refractivity contribution is -0.113. The number of fused-ring (bicyclic) bond motifs is 1. The second-order valence-electron chi connectivity index (χ2n) is 4.84. The molecule has 0 aromatic heterocycles. The predicted octanol–water partition coefficient (Wildman–Crippen LogP) is 3.05. The zero-order valence-electron chi connectivity index (χ0n) is 11.8. The number of rotatable bonds is 3. The Morgan fingerprint density at radius 3 is 2.82 bits per heavy atom. The number of benzene rings is 2. The molecule has 3 amide bonds. The normalized spacial score (nSPS) is 13.0. The number of thioether (sulfide) groups is 1. The zero-order valence-corrected chi connectivity index (χ0v) is 12.6. The molecule has 2 aromatic carbocycles. The lowest BCUT2D eigenvalue weighted by Gasteiger charge is -2.17. The van der Waals surface area contributed by atoms with Crippen LogP contribution in [0.25, 0.3) is 0 Å². The van der Waals surface area contributed by atoms with E-state index in [2.05, 4.69) is 16.0 Å². The van der Waals surface area contributed by atoms with E-state index in [1.807, 2.05) is 42.5 Å². The summed E-state index contributed by atoms with van der Waals surface area (Å²) in [6, 6.07) is 14.9. The molecular weight excluding hydrogens is 298 g/mol. The predicted molar refractivity (Wildman–Crippen MR) is 88.1 cm³/mol. The Morgan fingerprint density at radius 2 is 2.00 bits per heavy atom. The van der Waals surface area contributed by atoms with Gasteiger partial charge in [0.2, 0.25) is 5.91 Å². The van der Waals surface area contributed by atoms with Gasteiger partial charge in [-0.25, -0.2) is 4.79 Å². The molecule has 0 fully saturated rings. The van der Waals surface area contributed by atoms with E-state index < -0.39 is 0 Å². The van der Waals surface area contributed by atoms with E-state index in [0.29, 0.717) is 18.0 Å². The van der Waals surface area contributed by atoms with Crippen molar-refractivity contribution in [2.24, 2.45) is 0 Å². The first-order chi connectivity index (χ1) is 10.7. The van der Waals surface area contributed by atoms with Gasteiger partial charge < -0.3 is 16.0 Å². The van der Waals surface area contributed by atoms with Crippen molar-refractivity contribution in [3.63, 3.8) is 0 Å². The molecule has 1 aliphatic heterocycles. The van der Waals surface area contributed by atoms with Crippen LogP contribution in [0.3, 0.4) is 0 Å². The highest BCUT2D eigenvalue weighted by Gasteiger charge is 2.15. The Morgan fingerprint density at radius 1 is 1.18 bits per heavy atom. The molecule has 0 unspecified atom stereocenters. The van der Waals surface area contributed by atoms with Crippen LogP contribution < -0.4 is 16.0 Å². The highest BCUT2D eigenvalue weighted by molar-refractivity contribution is 8.00. The second kappa shape index (κ2) is 6.53. The van der Waals surface area contributed by atoms with Crippen molar-refractivity contribution in [3.05, 3.63) is 54.1 Å². The van der Waals surface area contributed by atoms with Crippen molar-refractivity contribution in [2.45, 2.75) is 11.4 Å². The summed E-state index contributed by atoms with van der Waals surface area (Å²) in [6.45, 7) is 0.463. The van der Waals surface area contributed by atoms with Gasteiger partial charge in [0.05, 0.1) is 11.4 Å². The molecule has 1 aliphatic rings. The average molecular weight is 313 g/mol. The number of carbonyl (C=O) groups is 2. The maximum Gasteiger partial charge on any atom is 0.319 e. The molecular formula is C16H15N3O2S. The van der Waals surface area contributed by atoms with E-state index >= 15 is 0 Å². The first-order valence-corrected chi connectivity index (χ1v) is 7.85. The molecule has 6 heteroatoms. The van der Waals surface area contributed by atoms with Crippen LogP contribution in [-0.4, -0.2) is 17.7 Å². The molecule has 5 nitrogen and oxygen atoms in total. The summed E-state index contributed by atoms with van der Waals surface area (Å²) in [5.41, 5.74) is 2.42. The average Bonchev–Trinajstić information content (AvgIpc) is 2.53. The van der Waals surface area contributed by atoms with Crippen LogP contribution >= 0.6 is 11.8 Å². The standard InChI is InChI=1S/C16H15N3O2S/c20-15-10-22-14-7-6-12(8-13(14)19-15)18-16(21)17-9-11-4-2-1-3-5-11/h1-8H,9-10H2,(H,19,20)(H2,17,18,21). The van der Waals surface area contributed by atoms with Gasteiger partial charge in [-0.05, 0) is 23.8 Å². The van der Waals surface area contributed by atoms with Crippen LogP contribution in [0.2, 0.25) is 0 Å². The van der Waals surface area contributed by atoms with Crippen LogP contribution in [0.1, 0.15) is 5.56 Å². The van der Waals surface area contributed by atoms with Gasteiger partial charge in [0.25, 0.3) is 0 Å². The quantitative estimate of drug-likeness (QED) is 0.815. The topological polar surface area (TPSA) is 70.2 Å². The second-order valence-corrected chi connectivity index (χ2v) is 5.86. The van der Waals surface area contributed by atoms with Crippen LogP contribution in [0.5, 0.6) is 0 Å². The monoisotopic (exact) mass is 313 g/mol. The molecule has 1 heterocycles. The van der Waals surface area contributed by atoms with Crippen molar-refractivity contribution in [3.8, 4) is 0 Å². The van der Waals surface area contributed by atoms with E-state index in [0.717, 1.165) is 16.1 Å². The molecule has 0 radical (unpaired) electrons. The fourth-order valence-corrected chi connectivity index (χ4v) is 2.90. The van der Waals surface area contributed by atoms with Gasteiger partial charge in [0.1, 0.15) is 0 Å². The summed E-state index contributed by atoms with van der Waals surface area (Å²) in [5.74, 6) is 0.403. The summed E-state index contributed by atoms with van der Waals surface area (Å²) in [4.78, 5) is 24.3.